The van der Waals surface area contributed by atoms with Crippen molar-refractivity contribution in [2.24, 2.45) is 0 Å². The number of aliphatic hydroxyl groups excluding tert-OH is 1. The molecule has 7 heteroatoms. The molecule has 1 atom stereocenters. The molecule has 1 fully saturated rings. The predicted molar refractivity (Wildman–Crippen MR) is 75.7 cm³/mol. The Hall–Kier alpha value is -0.0800. The number of nitrogens with zero attached hydrogens (tertiary/aromatic N) is 1. The summed E-state index contributed by atoms with van der Waals surface area (Å²) in [6.45, 7) is 4.71. The second-order valence-corrected chi connectivity index (χ2v) is 8.76. The summed E-state index contributed by atoms with van der Waals surface area (Å²) >= 11 is 3.10. The Balaban J connectivity index is 2.38. The highest BCUT2D eigenvalue weighted by molar-refractivity contribution is 8.00. The lowest BCUT2D eigenvalue weighted by atomic mass is 10.3. The summed E-state index contributed by atoms with van der Waals surface area (Å²) < 4.78 is 26.8. The SMILES string of the molecule is Cc1csc(CO)c1S(=O)(=O)N1CCSC(C)C1. The van der Waals surface area contributed by atoms with Gasteiger partial charge in [-0.2, -0.15) is 16.1 Å². The topological polar surface area (TPSA) is 57.6 Å². The van der Waals surface area contributed by atoms with Crippen LogP contribution in [-0.4, -0.2) is 41.9 Å². The van der Waals surface area contributed by atoms with Crippen LogP contribution in [0.25, 0.3) is 0 Å². The molecule has 1 aliphatic heterocycles. The molecule has 0 spiro atoms. The van der Waals surface area contributed by atoms with Crippen LogP contribution in [0.5, 0.6) is 0 Å². The molecule has 1 aromatic rings. The third-order valence-electron chi connectivity index (χ3n) is 2.93. The maximum Gasteiger partial charge on any atom is 0.244 e. The van der Waals surface area contributed by atoms with Gasteiger partial charge in [0.1, 0.15) is 4.90 Å². The van der Waals surface area contributed by atoms with Crippen LogP contribution < -0.4 is 0 Å². The average Bonchev–Trinajstić information content (AvgIpc) is 2.71. The Kier molecular flexibility index (Phi) is 4.38. The molecular formula is C11H17NO3S3. The fourth-order valence-corrected chi connectivity index (χ4v) is 6.44. The van der Waals surface area contributed by atoms with E-state index in [2.05, 4.69) is 0 Å². The van der Waals surface area contributed by atoms with Crippen LogP contribution in [0.15, 0.2) is 10.3 Å². The van der Waals surface area contributed by atoms with Crippen molar-refractivity contribution in [3.8, 4) is 0 Å². The first-order chi connectivity index (χ1) is 8.46. The van der Waals surface area contributed by atoms with Crippen LogP contribution in [0.2, 0.25) is 0 Å². The second-order valence-electron chi connectivity index (χ2n) is 4.37. The molecule has 0 aromatic carbocycles. The van der Waals surface area contributed by atoms with Crippen molar-refractivity contribution in [1.29, 1.82) is 0 Å². The highest BCUT2D eigenvalue weighted by Gasteiger charge is 2.32. The van der Waals surface area contributed by atoms with Gasteiger partial charge in [-0.25, -0.2) is 8.42 Å². The number of rotatable bonds is 3. The maximum absolute atomic E-state index is 12.6. The number of hydrogen-bond donors (Lipinski definition) is 1. The Morgan fingerprint density at radius 1 is 1.56 bits per heavy atom. The molecule has 0 bridgehead atoms. The van der Waals surface area contributed by atoms with Gasteiger partial charge in [-0.1, -0.05) is 6.92 Å². The van der Waals surface area contributed by atoms with E-state index in [-0.39, 0.29) is 6.61 Å². The summed E-state index contributed by atoms with van der Waals surface area (Å²) in [4.78, 5) is 0.854. The van der Waals surface area contributed by atoms with E-state index in [1.54, 1.807) is 28.4 Å². The minimum absolute atomic E-state index is 0.217. The van der Waals surface area contributed by atoms with Gasteiger partial charge in [-0.05, 0) is 17.9 Å². The van der Waals surface area contributed by atoms with Crippen molar-refractivity contribution in [1.82, 2.24) is 4.31 Å². The van der Waals surface area contributed by atoms with E-state index in [0.717, 1.165) is 11.3 Å². The maximum atomic E-state index is 12.6. The summed E-state index contributed by atoms with van der Waals surface area (Å²) in [5.41, 5.74) is 0.731. The molecule has 18 heavy (non-hydrogen) atoms. The third kappa shape index (κ3) is 2.60. The monoisotopic (exact) mass is 307 g/mol. The van der Waals surface area contributed by atoms with Gasteiger partial charge in [-0.3, -0.25) is 0 Å². The first-order valence-electron chi connectivity index (χ1n) is 5.76. The molecule has 0 aliphatic carbocycles. The molecule has 1 saturated heterocycles. The zero-order valence-electron chi connectivity index (χ0n) is 10.4. The van der Waals surface area contributed by atoms with E-state index in [0.29, 0.717) is 28.1 Å². The number of thioether (sulfide) groups is 1. The van der Waals surface area contributed by atoms with Crippen molar-refractivity contribution in [3.63, 3.8) is 0 Å². The Labute approximate surface area is 116 Å². The van der Waals surface area contributed by atoms with Gasteiger partial charge in [-0.15, -0.1) is 11.3 Å². The fourth-order valence-electron chi connectivity index (χ4n) is 2.08. The van der Waals surface area contributed by atoms with Gasteiger partial charge in [0.05, 0.1) is 11.5 Å². The van der Waals surface area contributed by atoms with Gasteiger partial charge >= 0.3 is 0 Å². The van der Waals surface area contributed by atoms with Crippen molar-refractivity contribution in [2.75, 3.05) is 18.8 Å². The van der Waals surface area contributed by atoms with E-state index in [9.17, 15) is 13.5 Å². The first-order valence-corrected chi connectivity index (χ1v) is 9.13. The minimum atomic E-state index is -3.45. The van der Waals surface area contributed by atoms with Crippen LogP contribution in [0.4, 0.5) is 0 Å². The standard InChI is InChI=1S/C11H17NO3S3/c1-8-7-17-10(6-13)11(8)18(14,15)12-3-4-16-9(2)5-12/h7,9,13H,3-6H2,1-2H3. The molecule has 102 valence electrons. The third-order valence-corrected chi connectivity index (χ3v) is 7.39. The van der Waals surface area contributed by atoms with Crippen molar-refractivity contribution in [3.05, 3.63) is 15.8 Å². The number of hydrogen-bond acceptors (Lipinski definition) is 5. The molecule has 4 nitrogen and oxygen atoms in total. The van der Waals surface area contributed by atoms with Crippen LogP contribution in [0.1, 0.15) is 17.4 Å². The largest absolute Gasteiger partial charge is 0.391 e. The molecule has 1 N–H and O–H groups in total. The highest BCUT2D eigenvalue weighted by Crippen LogP contribution is 2.31. The molecule has 1 unspecified atom stereocenters. The van der Waals surface area contributed by atoms with E-state index >= 15 is 0 Å². The zero-order valence-corrected chi connectivity index (χ0v) is 12.9. The minimum Gasteiger partial charge on any atom is -0.391 e. The first kappa shape index (κ1) is 14.3. The smallest absolute Gasteiger partial charge is 0.244 e. The van der Waals surface area contributed by atoms with E-state index in [1.165, 1.54) is 11.3 Å². The van der Waals surface area contributed by atoms with Crippen molar-refractivity contribution in [2.45, 2.75) is 30.6 Å². The molecule has 0 saturated carbocycles. The Morgan fingerprint density at radius 2 is 2.28 bits per heavy atom. The number of thiophene rings is 1. The quantitative estimate of drug-likeness (QED) is 0.923. The van der Waals surface area contributed by atoms with Crippen molar-refractivity contribution < 1.29 is 13.5 Å². The van der Waals surface area contributed by atoms with E-state index in [4.69, 9.17) is 0 Å². The lowest BCUT2D eigenvalue weighted by Gasteiger charge is -2.30. The van der Waals surface area contributed by atoms with Crippen LogP contribution >= 0.6 is 23.1 Å². The molecule has 2 heterocycles. The molecule has 1 aromatic heterocycles. The summed E-state index contributed by atoms with van der Waals surface area (Å²) in [6.07, 6.45) is 0. The Bertz CT molecular complexity index is 524. The van der Waals surface area contributed by atoms with Crippen LogP contribution in [0.3, 0.4) is 0 Å². The summed E-state index contributed by atoms with van der Waals surface area (Å²) in [6, 6.07) is 0. The summed E-state index contributed by atoms with van der Waals surface area (Å²) in [7, 11) is -3.45. The fraction of sp³-hybridized carbons (Fsp3) is 0.636. The lowest BCUT2D eigenvalue weighted by Crippen LogP contribution is -2.41. The number of aryl methyl sites for hydroxylation is 1. The molecule has 1 aliphatic rings. The lowest BCUT2D eigenvalue weighted by molar-refractivity contribution is 0.282. The van der Waals surface area contributed by atoms with Crippen LogP contribution in [-0.2, 0) is 16.6 Å². The zero-order chi connectivity index (χ0) is 13.3. The Morgan fingerprint density at radius 3 is 2.89 bits per heavy atom. The summed E-state index contributed by atoms with van der Waals surface area (Å²) in [5, 5.41) is 11.4. The molecule has 2 rings (SSSR count). The predicted octanol–water partition coefficient (Wildman–Crippen LogP) is 1.67. The average molecular weight is 307 g/mol. The van der Waals surface area contributed by atoms with Crippen LogP contribution in [0, 0.1) is 6.92 Å². The van der Waals surface area contributed by atoms with Gasteiger partial charge in [0.2, 0.25) is 10.0 Å². The van der Waals surface area contributed by atoms with E-state index < -0.39 is 10.0 Å². The normalized spacial score (nSPS) is 22.3. The highest BCUT2D eigenvalue weighted by atomic mass is 32.2. The molecule has 0 radical (unpaired) electrons. The second kappa shape index (κ2) is 5.50. The number of sulfonamides is 1. The number of aliphatic hydroxyl groups is 1. The van der Waals surface area contributed by atoms with Gasteiger partial charge in [0.15, 0.2) is 0 Å². The van der Waals surface area contributed by atoms with Crippen molar-refractivity contribution >= 4 is 33.1 Å². The van der Waals surface area contributed by atoms with Gasteiger partial charge in [0.25, 0.3) is 0 Å². The summed E-state index contributed by atoms with van der Waals surface area (Å²) in [5.74, 6) is 0.831. The molecular weight excluding hydrogens is 290 g/mol. The van der Waals surface area contributed by atoms with Gasteiger partial charge in [0, 0.05) is 24.1 Å². The van der Waals surface area contributed by atoms with Gasteiger partial charge < -0.3 is 5.11 Å². The van der Waals surface area contributed by atoms with E-state index in [1.807, 2.05) is 6.92 Å². The molecule has 0 amide bonds.